The molecule has 0 bridgehead atoms. The second kappa shape index (κ2) is 5.96. The number of hydrogen-bond donors (Lipinski definition) is 1. The summed E-state index contributed by atoms with van der Waals surface area (Å²) in [6.45, 7) is 3.14. The maximum atomic E-state index is 4.53. The third-order valence-corrected chi connectivity index (χ3v) is 5.51. The summed E-state index contributed by atoms with van der Waals surface area (Å²) in [6, 6.07) is 0. The van der Waals surface area contributed by atoms with E-state index in [1.54, 1.807) is 0 Å². The number of rotatable bonds is 4. The van der Waals surface area contributed by atoms with Gasteiger partial charge >= 0.3 is 0 Å². The lowest BCUT2D eigenvalue weighted by molar-refractivity contribution is 0.951. The van der Waals surface area contributed by atoms with Crippen molar-refractivity contribution in [1.29, 1.82) is 0 Å². The fourth-order valence-corrected chi connectivity index (χ4v) is 4.62. The molecule has 0 amide bonds. The molecule has 6 heteroatoms. The van der Waals surface area contributed by atoms with Gasteiger partial charge < -0.3 is 5.32 Å². The molecule has 1 aromatic rings. The van der Waals surface area contributed by atoms with Crippen LogP contribution < -0.4 is 5.32 Å². The Labute approximate surface area is 103 Å². The SMILES string of the molecule is CCCNc1nc(C2CSCCS2)ns1. The van der Waals surface area contributed by atoms with E-state index in [0.29, 0.717) is 5.25 Å². The van der Waals surface area contributed by atoms with E-state index in [1.165, 1.54) is 23.0 Å². The summed E-state index contributed by atoms with van der Waals surface area (Å²) < 4.78 is 4.43. The summed E-state index contributed by atoms with van der Waals surface area (Å²) in [4.78, 5) is 4.53. The first kappa shape index (κ1) is 11.5. The van der Waals surface area contributed by atoms with E-state index in [4.69, 9.17) is 0 Å². The summed E-state index contributed by atoms with van der Waals surface area (Å²) in [5.74, 6) is 4.68. The highest BCUT2D eigenvalue weighted by Crippen LogP contribution is 2.36. The molecule has 0 aromatic carbocycles. The summed E-state index contributed by atoms with van der Waals surface area (Å²) in [5.41, 5.74) is 0. The number of nitrogens with zero attached hydrogens (tertiary/aromatic N) is 2. The molecule has 15 heavy (non-hydrogen) atoms. The van der Waals surface area contributed by atoms with Crippen molar-refractivity contribution < 1.29 is 0 Å². The molecule has 1 fully saturated rings. The molecule has 1 N–H and O–H groups in total. The first-order valence-corrected chi connectivity index (χ1v) is 8.14. The molecule has 1 aliphatic rings. The fraction of sp³-hybridized carbons (Fsp3) is 0.778. The zero-order valence-electron chi connectivity index (χ0n) is 8.73. The van der Waals surface area contributed by atoms with Gasteiger partial charge in [0.25, 0.3) is 0 Å². The molecule has 0 saturated carbocycles. The summed E-state index contributed by atoms with van der Waals surface area (Å²) in [5, 5.41) is 4.77. The van der Waals surface area contributed by atoms with E-state index >= 15 is 0 Å². The predicted octanol–water partition coefficient (Wildman–Crippen LogP) is 2.88. The molecule has 2 rings (SSSR count). The van der Waals surface area contributed by atoms with Gasteiger partial charge in [0.15, 0.2) is 5.82 Å². The smallest absolute Gasteiger partial charge is 0.202 e. The van der Waals surface area contributed by atoms with Crippen molar-refractivity contribution in [2.24, 2.45) is 0 Å². The quantitative estimate of drug-likeness (QED) is 0.902. The van der Waals surface area contributed by atoms with Gasteiger partial charge in [-0.2, -0.15) is 16.1 Å². The molecule has 0 spiro atoms. The average Bonchev–Trinajstić information content (AvgIpc) is 2.76. The summed E-state index contributed by atoms with van der Waals surface area (Å²) in [6.07, 6.45) is 1.13. The number of anilines is 1. The van der Waals surface area contributed by atoms with Gasteiger partial charge in [-0.3, -0.25) is 0 Å². The number of nitrogens with one attached hydrogen (secondary N) is 1. The standard InChI is InChI=1S/C9H15N3S3/c1-2-3-10-9-11-8(12-15-9)7-6-13-4-5-14-7/h7H,2-6H2,1H3,(H,10,11,12). The van der Waals surface area contributed by atoms with Crippen LogP contribution in [-0.4, -0.2) is 33.2 Å². The van der Waals surface area contributed by atoms with Gasteiger partial charge in [0.1, 0.15) is 0 Å². The van der Waals surface area contributed by atoms with Crippen LogP contribution in [-0.2, 0) is 0 Å². The largest absolute Gasteiger partial charge is 0.360 e. The summed E-state index contributed by atoms with van der Waals surface area (Å²) in [7, 11) is 0. The van der Waals surface area contributed by atoms with E-state index in [2.05, 4.69) is 21.6 Å². The molecule has 1 aromatic heterocycles. The Morgan fingerprint density at radius 3 is 3.13 bits per heavy atom. The second-order valence-electron chi connectivity index (χ2n) is 3.32. The lowest BCUT2D eigenvalue weighted by atomic mass is 10.4. The Hall–Kier alpha value is 0.0600. The Balaban J connectivity index is 1.93. The van der Waals surface area contributed by atoms with Crippen molar-refractivity contribution >= 4 is 40.2 Å². The molecule has 1 atom stereocenters. The third-order valence-electron chi connectivity index (χ3n) is 2.07. The highest BCUT2D eigenvalue weighted by molar-refractivity contribution is 8.06. The minimum Gasteiger partial charge on any atom is -0.360 e. The molecule has 2 heterocycles. The predicted molar refractivity (Wildman–Crippen MR) is 71.2 cm³/mol. The molecule has 3 nitrogen and oxygen atoms in total. The monoisotopic (exact) mass is 261 g/mol. The van der Waals surface area contributed by atoms with Crippen LogP contribution in [0.25, 0.3) is 0 Å². The van der Waals surface area contributed by atoms with Crippen molar-refractivity contribution in [2.75, 3.05) is 29.1 Å². The van der Waals surface area contributed by atoms with Gasteiger partial charge in [-0.05, 0) is 6.42 Å². The Morgan fingerprint density at radius 1 is 1.47 bits per heavy atom. The van der Waals surface area contributed by atoms with Crippen molar-refractivity contribution in [3.63, 3.8) is 0 Å². The third kappa shape index (κ3) is 3.26. The first-order valence-electron chi connectivity index (χ1n) is 5.17. The van der Waals surface area contributed by atoms with Crippen LogP contribution in [0.2, 0.25) is 0 Å². The van der Waals surface area contributed by atoms with Crippen LogP contribution in [0.3, 0.4) is 0 Å². The van der Waals surface area contributed by atoms with Crippen molar-refractivity contribution in [3.8, 4) is 0 Å². The molecule has 84 valence electrons. The zero-order valence-corrected chi connectivity index (χ0v) is 11.2. The molecule has 1 saturated heterocycles. The van der Waals surface area contributed by atoms with Crippen molar-refractivity contribution in [3.05, 3.63) is 5.82 Å². The van der Waals surface area contributed by atoms with Gasteiger partial charge in [-0.1, -0.05) is 6.92 Å². The van der Waals surface area contributed by atoms with Gasteiger partial charge in [-0.15, -0.1) is 11.8 Å². The molecular formula is C9H15N3S3. The zero-order chi connectivity index (χ0) is 10.5. The lowest BCUT2D eigenvalue weighted by Crippen LogP contribution is -2.08. The number of aromatic nitrogens is 2. The average molecular weight is 261 g/mol. The molecule has 0 radical (unpaired) electrons. The Morgan fingerprint density at radius 2 is 2.40 bits per heavy atom. The lowest BCUT2D eigenvalue weighted by Gasteiger charge is -2.17. The van der Waals surface area contributed by atoms with Gasteiger partial charge in [0.2, 0.25) is 5.13 Å². The van der Waals surface area contributed by atoms with Crippen LogP contribution in [0.5, 0.6) is 0 Å². The highest BCUT2D eigenvalue weighted by atomic mass is 32.2. The highest BCUT2D eigenvalue weighted by Gasteiger charge is 2.20. The summed E-state index contributed by atoms with van der Waals surface area (Å²) >= 11 is 5.48. The minimum absolute atomic E-state index is 0.511. The second-order valence-corrected chi connectivity index (χ2v) is 6.53. The Kier molecular flexibility index (Phi) is 4.59. The normalized spacial score (nSPS) is 21.5. The van der Waals surface area contributed by atoms with Crippen molar-refractivity contribution in [2.45, 2.75) is 18.6 Å². The fourth-order valence-electron chi connectivity index (χ4n) is 1.31. The number of thioether (sulfide) groups is 2. The Bertz CT molecular complexity index is 297. The maximum Gasteiger partial charge on any atom is 0.202 e. The van der Waals surface area contributed by atoms with E-state index in [9.17, 15) is 0 Å². The van der Waals surface area contributed by atoms with Gasteiger partial charge in [-0.25, -0.2) is 4.98 Å². The minimum atomic E-state index is 0.511. The van der Waals surface area contributed by atoms with Gasteiger partial charge in [0, 0.05) is 35.3 Å². The van der Waals surface area contributed by atoms with Crippen molar-refractivity contribution in [1.82, 2.24) is 9.36 Å². The molecule has 1 unspecified atom stereocenters. The van der Waals surface area contributed by atoms with Crippen LogP contribution in [0, 0.1) is 0 Å². The van der Waals surface area contributed by atoms with E-state index in [1.807, 2.05) is 23.5 Å². The molecule has 0 aliphatic carbocycles. The maximum absolute atomic E-state index is 4.53. The van der Waals surface area contributed by atoms with Crippen LogP contribution >= 0.6 is 35.1 Å². The molecular weight excluding hydrogens is 246 g/mol. The van der Waals surface area contributed by atoms with E-state index in [-0.39, 0.29) is 0 Å². The molecule has 1 aliphatic heterocycles. The van der Waals surface area contributed by atoms with Crippen LogP contribution in [0.15, 0.2) is 0 Å². The van der Waals surface area contributed by atoms with Crippen LogP contribution in [0.4, 0.5) is 5.13 Å². The van der Waals surface area contributed by atoms with Crippen LogP contribution in [0.1, 0.15) is 24.4 Å². The van der Waals surface area contributed by atoms with E-state index in [0.717, 1.165) is 29.7 Å². The first-order chi connectivity index (χ1) is 7.40. The number of hydrogen-bond acceptors (Lipinski definition) is 6. The van der Waals surface area contributed by atoms with Gasteiger partial charge in [0.05, 0.1) is 5.25 Å². The topological polar surface area (TPSA) is 37.8 Å². The van der Waals surface area contributed by atoms with E-state index < -0.39 is 0 Å².